The van der Waals surface area contributed by atoms with Crippen LogP contribution in [0.5, 0.6) is 0 Å². The van der Waals surface area contributed by atoms with E-state index in [1.807, 2.05) is 18.2 Å². The molecule has 0 radical (unpaired) electrons. The van der Waals surface area contributed by atoms with E-state index in [9.17, 15) is 8.78 Å². The Kier molecular flexibility index (Phi) is 5.00. The Labute approximate surface area is 181 Å². The van der Waals surface area contributed by atoms with Gasteiger partial charge >= 0.3 is 0 Å². The van der Waals surface area contributed by atoms with Gasteiger partial charge in [0.2, 0.25) is 0 Å². The summed E-state index contributed by atoms with van der Waals surface area (Å²) in [6.45, 7) is 0. The highest BCUT2D eigenvalue weighted by Crippen LogP contribution is 2.39. The van der Waals surface area contributed by atoms with Gasteiger partial charge in [0, 0.05) is 46.2 Å². The summed E-state index contributed by atoms with van der Waals surface area (Å²) >= 11 is 7.38. The highest BCUT2D eigenvalue weighted by molar-refractivity contribution is 7.73. The first kappa shape index (κ1) is 19.2. The van der Waals surface area contributed by atoms with Gasteiger partial charge in [-0.25, -0.2) is 8.78 Å². The van der Waals surface area contributed by atoms with Gasteiger partial charge in [-0.15, -0.1) is 11.3 Å². The zero-order chi connectivity index (χ0) is 20.7. The second-order valence-corrected chi connectivity index (χ2v) is 8.93. The van der Waals surface area contributed by atoms with Gasteiger partial charge in [0.15, 0.2) is 3.95 Å². The van der Waals surface area contributed by atoms with E-state index in [0.717, 1.165) is 46.5 Å². The first-order valence-corrected chi connectivity index (χ1v) is 10.9. The van der Waals surface area contributed by atoms with Crippen molar-refractivity contribution < 1.29 is 8.78 Å². The SMILES string of the molecule is Fc1ccnc(-c2cccc(-c3cc(F)ccn3)c2-n2c3c(sc2=S)CCCC3)c1. The monoisotopic (exact) mass is 437 g/mol. The van der Waals surface area contributed by atoms with Crippen molar-refractivity contribution in [3.63, 3.8) is 0 Å². The molecule has 0 amide bonds. The quantitative estimate of drug-likeness (QED) is 0.341. The van der Waals surface area contributed by atoms with Gasteiger partial charge in [0.1, 0.15) is 11.6 Å². The summed E-state index contributed by atoms with van der Waals surface area (Å²) < 4.78 is 30.9. The molecule has 1 aliphatic rings. The molecule has 3 aromatic heterocycles. The summed E-state index contributed by atoms with van der Waals surface area (Å²) in [5, 5.41) is 0. The molecule has 1 aliphatic carbocycles. The van der Waals surface area contributed by atoms with Crippen molar-refractivity contribution in [2.45, 2.75) is 25.7 Å². The Morgan fingerprint density at radius 1 is 0.867 bits per heavy atom. The van der Waals surface area contributed by atoms with E-state index >= 15 is 0 Å². The van der Waals surface area contributed by atoms with Crippen molar-refractivity contribution in [2.75, 3.05) is 0 Å². The zero-order valence-electron chi connectivity index (χ0n) is 15.9. The molecule has 5 rings (SSSR count). The van der Waals surface area contributed by atoms with E-state index < -0.39 is 0 Å². The van der Waals surface area contributed by atoms with Crippen LogP contribution in [0.15, 0.2) is 54.9 Å². The lowest BCUT2D eigenvalue weighted by atomic mass is 9.98. The highest BCUT2D eigenvalue weighted by Gasteiger charge is 2.23. The number of fused-ring (bicyclic) bond motifs is 1. The van der Waals surface area contributed by atoms with Gasteiger partial charge in [-0.2, -0.15) is 0 Å². The third-order valence-electron chi connectivity index (χ3n) is 5.31. The summed E-state index contributed by atoms with van der Waals surface area (Å²) in [5.74, 6) is -0.729. The number of nitrogens with zero attached hydrogens (tertiary/aromatic N) is 3. The molecule has 0 saturated heterocycles. The lowest BCUT2D eigenvalue weighted by molar-refractivity contribution is 0.626. The van der Waals surface area contributed by atoms with Crippen LogP contribution in [0.2, 0.25) is 0 Å². The molecule has 0 spiro atoms. The number of hydrogen-bond acceptors (Lipinski definition) is 4. The first-order valence-electron chi connectivity index (χ1n) is 9.72. The zero-order valence-corrected chi connectivity index (χ0v) is 17.6. The number of aromatic nitrogens is 3. The molecule has 3 heterocycles. The second-order valence-electron chi connectivity index (χ2n) is 7.20. The molecule has 0 atom stereocenters. The molecule has 0 saturated carbocycles. The lowest BCUT2D eigenvalue weighted by Crippen LogP contribution is -2.09. The predicted molar refractivity (Wildman–Crippen MR) is 118 cm³/mol. The molecule has 4 aromatic rings. The van der Waals surface area contributed by atoms with Crippen LogP contribution in [0.3, 0.4) is 0 Å². The number of halogens is 2. The average molecular weight is 438 g/mol. The van der Waals surface area contributed by atoms with E-state index in [1.54, 1.807) is 11.3 Å². The number of para-hydroxylation sites is 1. The highest BCUT2D eigenvalue weighted by atomic mass is 32.1. The first-order chi connectivity index (χ1) is 14.6. The van der Waals surface area contributed by atoms with Crippen LogP contribution in [0.1, 0.15) is 23.4 Å². The molecule has 7 heteroatoms. The minimum absolute atomic E-state index is 0.365. The number of aryl methyl sites for hydroxylation is 1. The molecule has 1 aromatic carbocycles. The van der Waals surface area contributed by atoms with Crippen molar-refractivity contribution in [2.24, 2.45) is 0 Å². The summed E-state index contributed by atoms with van der Waals surface area (Å²) in [7, 11) is 0. The maximum absolute atomic E-state index is 14.0. The minimum Gasteiger partial charge on any atom is -0.294 e. The van der Waals surface area contributed by atoms with E-state index in [1.165, 1.54) is 47.2 Å². The fourth-order valence-electron chi connectivity index (χ4n) is 4.00. The van der Waals surface area contributed by atoms with Crippen LogP contribution < -0.4 is 0 Å². The number of pyridine rings is 2. The Hall–Kier alpha value is -2.77. The Morgan fingerprint density at radius 3 is 2.07 bits per heavy atom. The van der Waals surface area contributed by atoms with Crippen molar-refractivity contribution in [1.29, 1.82) is 0 Å². The molecule has 0 bridgehead atoms. The van der Waals surface area contributed by atoms with Gasteiger partial charge in [0.05, 0.1) is 17.1 Å². The van der Waals surface area contributed by atoms with Crippen LogP contribution in [0, 0.1) is 15.6 Å². The topological polar surface area (TPSA) is 30.7 Å². The van der Waals surface area contributed by atoms with Crippen LogP contribution >= 0.6 is 23.6 Å². The molecule has 150 valence electrons. The summed E-state index contributed by atoms with van der Waals surface area (Å²) in [6, 6.07) is 11.1. The van der Waals surface area contributed by atoms with Gasteiger partial charge in [0.25, 0.3) is 0 Å². The fraction of sp³-hybridized carbons (Fsp3) is 0.174. The predicted octanol–water partition coefficient (Wildman–Crippen LogP) is 6.55. The smallest absolute Gasteiger partial charge is 0.166 e. The van der Waals surface area contributed by atoms with E-state index in [-0.39, 0.29) is 11.6 Å². The molecule has 0 unspecified atom stereocenters. The van der Waals surface area contributed by atoms with Crippen LogP contribution in [0.25, 0.3) is 28.2 Å². The van der Waals surface area contributed by atoms with Gasteiger partial charge in [-0.1, -0.05) is 18.2 Å². The molecule has 3 nitrogen and oxygen atoms in total. The van der Waals surface area contributed by atoms with E-state index in [2.05, 4.69) is 14.5 Å². The third kappa shape index (κ3) is 3.38. The summed E-state index contributed by atoms with van der Waals surface area (Å²) in [5.41, 5.74) is 4.43. The molecular weight excluding hydrogens is 420 g/mol. The summed E-state index contributed by atoms with van der Waals surface area (Å²) in [4.78, 5) is 10.1. The number of rotatable bonds is 3. The standard InChI is InChI=1S/C23H17F2N3S2/c24-14-8-10-26-18(12-14)16-4-3-5-17(19-13-15(25)9-11-27-19)22(16)28-20-6-1-2-7-21(20)30-23(28)29/h3-5,8-13H,1-2,6-7H2. The van der Waals surface area contributed by atoms with Crippen molar-refractivity contribution >= 4 is 23.6 Å². The largest absolute Gasteiger partial charge is 0.294 e. The fourth-order valence-corrected chi connectivity index (χ4v) is 5.56. The normalized spacial score (nSPS) is 13.3. The van der Waals surface area contributed by atoms with E-state index in [0.29, 0.717) is 11.4 Å². The Morgan fingerprint density at radius 2 is 1.47 bits per heavy atom. The molecular formula is C23H17F2N3S2. The lowest BCUT2D eigenvalue weighted by Gasteiger charge is -2.20. The molecule has 0 fully saturated rings. The average Bonchev–Trinajstić information content (AvgIpc) is 3.08. The van der Waals surface area contributed by atoms with Crippen molar-refractivity contribution in [3.8, 4) is 28.2 Å². The van der Waals surface area contributed by atoms with Crippen LogP contribution in [0.4, 0.5) is 8.78 Å². The number of benzene rings is 1. The second kappa shape index (κ2) is 7.81. The third-order valence-corrected chi connectivity index (χ3v) is 6.78. The van der Waals surface area contributed by atoms with Crippen molar-refractivity contribution in [3.05, 3.63) is 81.0 Å². The maximum atomic E-state index is 14.0. The molecule has 30 heavy (non-hydrogen) atoms. The molecule has 0 N–H and O–H groups in total. The van der Waals surface area contributed by atoms with E-state index in [4.69, 9.17) is 12.2 Å². The number of hydrogen-bond donors (Lipinski definition) is 0. The maximum Gasteiger partial charge on any atom is 0.166 e. The van der Waals surface area contributed by atoms with Gasteiger partial charge in [-0.3, -0.25) is 14.5 Å². The van der Waals surface area contributed by atoms with Crippen LogP contribution in [-0.2, 0) is 12.8 Å². The Bertz CT molecular complexity index is 1250. The Balaban J connectivity index is 1.86. The summed E-state index contributed by atoms with van der Waals surface area (Å²) in [6.07, 6.45) is 7.06. The van der Waals surface area contributed by atoms with Gasteiger partial charge in [-0.05, 0) is 50.0 Å². The number of thiazole rings is 1. The minimum atomic E-state index is -0.365. The van der Waals surface area contributed by atoms with Crippen molar-refractivity contribution in [1.82, 2.24) is 14.5 Å². The molecule has 0 aliphatic heterocycles. The van der Waals surface area contributed by atoms with Crippen LogP contribution in [-0.4, -0.2) is 14.5 Å². The van der Waals surface area contributed by atoms with Gasteiger partial charge < -0.3 is 0 Å².